The topological polar surface area (TPSA) is 107 Å². The monoisotopic (exact) mass is 334 g/mol. The van der Waals surface area contributed by atoms with Gasteiger partial charge >= 0.3 is 0 Å². The second-order valence-electron chi connectivity index (χ2n) is 6.36. The summed E-state index contributed by atoms with van der Waals surface area (Å²) in [6.07, 6.45) is 9.03. The fraction of sp³-hybridized carbons (Fsp3) is 0.647. The van der Waals surface area contributed by atoms with Crippen molar-refractivity contribution >= 4 is 11.7 Å². The third-order valence-electron chi connectivity index (χ3n) is 4.46. The Labute approximate surface area is 141 Å². The fourth-order valence-electron chi connectivity index (χ4n) is 3.04. The zero-order chi connectivity index (χ0) is 17.4. The Kier molecular flexibility index (Phi) is 7.11. The summed E-state index contributed by atoms with van der Waals surface area (Å²) in [5.41, 5.74) is 5.18. The highest BCUT2D eigenvalue weighted by molar-refractivity contribution is 5.89. The number of rotatable bonds is 9. The lowest BCUT2D eigenvalue weighted by atomic mass is 10.0. The molecule has 24 heavy (non-hydrogen) atoms. The molecule has 7 heteroatoms. The minimum atomic E-state index is -0.510. The Morgan fingerprint density at radius 1 is 1.33 bits per heavy atom. The maximum atomic E-state index is 12.6. The average Bonchev–Trinajstić information content (AvgIpc) is 3.10. The maximum Gasteiger partial charge on any atom is 0.272 e. The van der Waals surface area contributed by atoms with Gasteiger partial charge in [0.2, 0.25) is 5.91 Å². The number of hydrogen-bond donors (Lipinski definition) is 2. The Morgan fingerprint density at radius 2 is 2.08 bits per heavy atom. The van der Waals surface area contributed by atoms with Gasteiger partial charge in [0.05, 0.1) is 18.9 Å². The summed E-state index contributed by atoms with van der Waals surface area (Å²) in [7, 11) is 0. The van der Waals surface area contributed by atoms with E-state index in [0.717, 1.165) is 38.5 Å². The van der Waals surface area contributed by atoms with Crippen LogP contribution in [0, 0.1) is 5.92 Å². The second-order valence-corrected chi connectivity index (χ2v) is 6.36. The van der Waals surface area contributed by atoms with Crippen LogP contribution < -0.4 is 16.6 Å². The molecule has 0 aromatic carbocycles. The molecule has 132 valence electrons. The highest BCUT2D eigenvalue weighted by Crippen LogP contribution is 2.25. The molecular formula is C17H26N4O3. The summed E-state index contributed by atoms with van der Waals surface area (Å²) in [4.78, 5) is 39.6. The summed E-state index contributed by atoms with van der Waals surface area (Å²) in [6, 6.07) is 0.803. The van der Waals surface area contributed by atoms with E-state index in [1.807, 2.05) is 0 Å². The normalized spacial score (nSPS) is 16.0. The predicted octanol–water partition coefficient (Wildman–Crippen LogP) is 0.616. The number of Topliss-reactive ketones (excluding diaryl/α,β-unsaturated/α-hetero) is 1. The van der Waals surface area contributed by atoms with Crippen LogP contribution in [0.15, 0.2) is 23.4 Å². The van der Waals surface area contributed by atoms with Crippen LogP contribution in [0.5, 0.6) is 0 Å². The van der Waals surface area contributed by atoms with Gasteiger partial charge in [0.1, 0.15) is 0 Å². The van der Waals surface area contributed by atoms with Crippen LogP contribution in [-0.2, 0) is 16.1 Å². The molecule has 0 bridgehead atoms. The molecule has 1 unspecified atom stereocenters. The molecule has 3 N–H and O–H groups in total. The number of amides is 1. The van der Waals surface area contributed by atoms with Crippen LogP contribution in [0.25, 0.3) is 0 Å². The van der Waals surface area contributed by atoms with Crippen molar-refractivity contribution in [2.75, 3.05) is 6.54 Å². The first kappa shape index (κ1) is 18.3. The van der Waals surface area contributed by atoms with Crippen molar-refractivity contribution < 1.29 is 9.59 Å². The van der Waals surface area contributed by atoms with Crippen LogP contribution >= 0.6 is 0 Å². The van der Waals surface area contributed by atoms with E-state index in [-0.39, 0.29) is 29.7 Å². The van der Waals surface area contributed by atoms with Gasteiger partial charge < -0.3 is 15.6 Å². The summed E-state index contributed by atoms with van der Waals surface area (Å²) >= 11 is 0. The number of nitrogens with one attached hydrogen (secondary N) is 1. The SMILES string of the molecule is NCCCCC(NC(=O)C1CCCC1)C(=O)Cn1ccc(=O)nc1. The molecule has 1 aliphatic rings. The predicted molar refractivity (Wildman–Crippen MR) is 90.3 cm³/mol. The van der Waals surface area contributed by atoms with E-state index in [0.29, 0.717) is 13.0 Å². The Bertz CT molecular complexity index is 588. The van der Waals surface area contributed by atoms with E-state index in [1.54, 1.807) is 4.57 Å². The first-order chi connectivity index (χ1) is 11.6. The molecule has 2 rings (SSSR count). The molecule has 0 aliphatic heterocycles. The van der Waals surface area contributed by atoms with E-state index in [2.05, 4.69) is 10.3 Å². The van der Waals surface area contributed by atoms with E-state index in [9.17, 15) is 14.4 Å². The first-order valence-corrected chi connectivity index (χ1v) is 8.65. The van der Waals surface area contributed by atoms with E-state index < -0.39 is 6.04 Å². The van der Waals surface area contributed by atoms with E-state index in [4.69, 9.17) is 5.73 Å². The highest BCUT2D eigenvalue weighted by Gasteiger charge is 2.27. The Morgan fingerprint density at radius 3 is 2.71 bits per heavy atom. The third kappa shape index (κ3) is 5.56. The number of unbranched alkanes of at least 4 members (excludes halogenated alkanes) is 1. The lowest BCUT2D eigenvalue weighted by Gasteiger charge is -2.20. The molecule has 0 spiro atoms. The molecular weight excluding hydrogens is 308 g/mol. The molecule has 1 saturated carbocycles. The molecule has 1 atom stereocenters. The van der Waals surface area contributed by atoms with Gasteiger partial charge in [-0.15, -0.1) is 0 Å². The molecule has 1 fully saturated rings. The van der Waals surface area contributed by atoms with Gasteiger partial charge in [0.25, 0.3) is 5.56 Å². The van der Waals surface area contributed by atoms with Crippen LogP contribution in [0.4, 0.5) is 0 Å². The Hall–Kier alpha value is -2.02. The number of ketones is 1. The minimum Gasteiger partial charge on any atom is -0.346 e. The number of nitrogens with zero attached hydrogens (tertiary/aromatic N) is 2. The molecule has 1 heterocycles. The minimum absolute atomic E-state index is 0.0170. The van der Waals surface area contributed by atoms with Crippen molar-refractivity contribution in [1.29, 1.82) is 0 Å². The van der Waals surface area contributed by atoms with Gasteiger partial charge in [-0.05, 0) is 38.6 Å². The zero-order valence-corrected chi connectivity index (χ0v) is 13.9. The van der Waals surface area contributed by atoms with Crippen molar-refractivity contribution in [3.63, 3.8) is 0 Å². The van der Waals surface area contributed by atoms with Gasteiger partial charge in [0, 0.05) is 18.2 Å². The first-order valence-electron chi connectivity index (χ1n) is 8.65. The summed E-state index contributed by atoms with van der Waals surface area (Å²) in [5.74, 6) is -0.0654. The van der Waals surface area contributed by atoms with Crippen molar-refractivity contribution in [2.24, 2.45) is 11.7 Å². The number of hydrogen-bond acceptors (Lipinski definition) is 5. The number of carbonyl (C=O) groups excluding carboxylic acids is 2. The summed E-state index contributed by atoms with van der Waals surface area (Å²) in [5, 5.41) is 2.92. The number of aromatic nitrogens is 2. The van der Waals surface area contributed by atoms with E-state index >= 15 is 0 Å². The lowest BCUT2D eigenvalue weighted by molar-refractivity contribution is -0.130. The van der Waals surface area contributed by atoms with Crippen molar-refractivity contribution in [1.82, 2.24) is 14.9 Å². The van der Waals surface area contributed by atoms with Crippen LogP contribution in [0.1, 0.15) is 44.9 Å². The zero-order valence-electron chi connectivity index (χ0n) is 13.9. The molecule has 1 aromatic heterocycles. The standard InChI is InChI=1S/C17H26N4O3/c18-9-4-3-7-14(20-17(24)13-5-1-2-6-13)15(22)11-21-10-8-16(23)19-12-21/h8,10,12-14H,1-7,9,11,18H2,(H,20,24). The van der Waals surface area contributed by atoms with Crippen molar-refractivity contribution in [3.8, 4) is 0 Å². The average molecular weight is 334 g/mol. The lowest BCUT2D eigenvalue weighted by Crippen LogP contribution is -2.44. The van der Waals surface area contributed by atoms with Gasteiger partial charge in [-0.2, -0.15) is 4.98 Å². The number of nitrogens with two attached hydrogens (primary N) is 1. The molecule has 7 nitrogen and oxygen atoms in total. The van der Waals surface area contributed by atoms with Crippen LogP contribution in [0.2, 0.25) is 0 Å². The largest absolute Gasteiger partial charge is 0.346 e. The summed E-state index contributed by atoms with van der Waals surface area (Å²) < 4.78 is 1.56. The van der Waals surface area contributed by atoms with Crippen molar-refractivity contribution in [3.05, 3.63) is 28.9 Å². The maximum absolute atomic E-state index is 12.6. The molecule has 0 radical (unpaired) electrons. The second kappa shape index (κ2) is 9.32. The molecule has 0 saturated heterocycles. The number of carbonyl (C=O) groups is 2. The summed E-state index contributed by atoms with van der Waals surface area (Å²) in [6.45, 7) is 0.659. The Balaban J connectivity index is 1.97. The smallest absolute Gasteiger partial charge is 0.272 e. The third-order valence-corrected chi connectivity index (χ3v) is 4.46. The van der Waals surface area contributed by atoms with E-state index in [1.165, 1.54) is 18.6 Å². The van der Waals surface area contributed by atoms with Crippen LogP contribution in [0.3, 0.4) is 0 Å². The van der Waals surface area contributed by atoms with Crippen molar-refractivity contribution in [2.45, 2.75) is 57.5 Å². The van der Waals surface area contributed by atoms with Gasteiger partial charge in [-0.25, -0.2) is 0 Å². The fourth-order valence-corrected chi connectivity index (χ4v) is 3.04. The highest BCUT2D eigenvalue weighted by atomic mass is 16.2. The van der Waals surface area contributed by atoms with Gasteiger partial charge in [-0.3, -0.25) is 14.4 Å². The van der Waals surface area contributed by atoms with Gasteiger partial charge in [-0.1, -0.05) is 12.8 Å². The molecule has 1 amide bonds. The van der Waals surface area contributed by atoms with Gasteiger partial charge in [0.15, 0.2) is 5.78 Å². The quantitative estimate of drug-likeness (QED) is 0.644. The molecule has 1 aromatic rings. The molecule has 1 aliphatic carbocycles. The van der Waals surface area contributed by atoms with Crippen LogP contribution in [-0.4, -0.2) is 33.8 Å².